The number of carbonyl (C=O) groups is 1. The summed E-state index contributed by atoms with van der Waals surface area (Å²) >= 11 is 0. The van der Waals surface area contributed by atoms with Crippen LogP contribution in [0.1, 0.15) is 43.7 Å². The number of halogens is 3. The van der Waals surface area contributed by atoms with Gasteiger partial charge in [-0.05, 0) is 12.8 Å². The predicted octanol–water partition coefficient (Wildman–Crippen LogP) is 3.11. The SMILES string of the molecule is O=C(O)C1CCCCCC1n1cc(C(F)(F)F)cn1. The summed E-state index contributed by atoms with van der Waals surface area (Å²) in [5.74, 6) is -1.63. The summed E-state index contributed by atoms with van der Waals surface area (Å²) in [5, 5.41) is 12.9. The summed E-state index contributed by atoms with van der Waals surface area (Å²) in [6.07, 6.45) is 0.777. The van der Waals surface area contributed by atoms with E-state index >= 15 is 0 Å². The highest BCUT2D eigenvalue weighted by atomic mass is 19.4. The molecular formula is C12H15F3N2O2. The van der Waals surface area contributed by atoms with Crippen molar-refractivity contribution in [3.63, 3.8) is 0 Å². The Morgan fingerprint density at radius 2 is 2.00 bits per heavy atom. The number of nitrogens with zero attached hydrogens (tertiary/aromatic N) is 2. The second kappa shape index (κ2) is 5.22. The first-order valence-electron chi connectivity index (χ1n) is 6.24. The van der Waals surface area contributed by atoms with Gasteiger partial charge in [-0.1, -0.05) is 19.3 Å². The van der Waals surface area contributed by atoms with Crippen LogP contribution < -0.4 is 0 Å². The van der Waals surface area contributed by atoms with Gasteiger partial charge in [-0.25, -0.2) is 0 Å². The Balaban J connectivity index is 2.26. The molecule has 106 valence electrons. The molecule has 0 amide bonds. The van der Waals surface area contributed by atoms with Crippen LogP contribution in [0.5, 0.6) is 0 Å². The van der Waals surface area contributed by atoms with Gasteiger partial charge in [-0.2, -0.15) is 18.3 Å². The van der Waals surface area contributed by atoms with Crippen molar-refractivity contribution < 1.29 is 23.1 Å². The van der Waals surface area contributed by atoms with Gasteiger partial charge in [0, 0.05) is 6.20 Å². The standard InChI is InChI=1S/C12H15F3N2O2/c13-12(14,15)8-6-16-17(7-8)10-5-3-1-2-4-9(10)11(18)19/h6-7,9-10H,1-5H2,(H,18,19). The number of hydrogen-bond acceptors (Lipinski definition) is 2. The fraction of sp³-hybridized carbons (Fsp3) is 0.667. The number of carboxylic acid groups (broad SMARTS) is 1. The quantitative estimate of drug-likeness (QED) is 0.844. The summed E-state index contributed by atoms with van der Waals surface area (Å²) in [5.41, 5.74) is -0.833. The summed E-state index contributed by atoms with van der Waals surface area (Å²) in [6.45, 7) is 0. The zero-order chi connectivity index (χ0) is 14.0. The number of carboxylic acids is 1. The first-order valence-corrected chi connectivity index (χ1v) is 6.24. The second-order valence-electron chi connectivity index (χ2n) is 4.86. The molecule has 2 unspecified atom stereocenters. The van der Waals surface area contributed by atoms with Gasteiger partial charge in [0.1, 0.15) is 0 Å². The molecule has 1 aliphatic rings. The molecule has 7 heteroatoms. The lowest BCUT2D eigenvalue weighted by atomic mass is 9.95. The number of alkyl halides is 3. The van der Waals surface area contributed by atoms with Crippen LogP contribution in [0.2, 0.25) is 0 Å². The second-order valence-corrected chi connectivity index (χ2v) is 4.86. The molecular weight excluding hydrogens is 261 g/mol. The monoisotopic (exact) mass is 276 g/mol. The van der Waals surface area contributed by atoms with E-state index in [4.69, 9.17) is 0 Å². The molecule has 0 aliphatic heterocycles. The molecule has 2 rings (SSSR count). The minimum Gasteiger partial charge on any atom is -0.481 e. The van der Waals surface area contributed by atoms with Crippen molar-refractivity contribution in [1.82, 2.24) is 9.78 Å². The number of hydrogen-bond donors (Lipinski definition) is 1. The van der Waals surface area contributed by atoms with E-state index in [2.05, 4.69) is 5.10 Å². The van der Waals surface area contributed by atoms with Crippen molar-refractivity contribution in [2.75, 3.05) is 0 Å². The predicted molar refractivity (Wildman–Crippen MR) is 60.5 cm³/mol. The van der Waals surface area contributed by atoms with Crippen molar-refractivity contribution in [1.29, 1.82) is 0 Å². The zero-order valence-corrected chi connectivity index (χ0v) is 10.2. The highest BCUT2D eigenvalue weighted by Gasteiger charge is 2.35. The highest BCUT2D eigenvalue weighted by molar-refractivity contribution is 5.70. The molecule has 0 bridgehead atoms. The van der Waals surface area contributed by atoms with E-state index in [0.29, 0.717) is 12.8 Å². The normalized spacial score (nSPS) is 25.0. The van der Waals surface area contributed by atoms with Crippen LogP contribution in [-0.4, -0.2) is 20.9 Å². The lowest BCUT2D eigenvalue weighted by Crippen LogP contribution is -2.26. The molecule has 1 aliphatic carbocycles. The van der Waals surface area contributed by atoms with Crippen molar-refractivity contribution >= 4 is 5.97 Å². The summed E-state index contributed by atoms with van der Waals surface area (Å²) in [6, 6.07) is -0.490. The zero-order valence-electron chi connectivity index (χ0n) is 10.2. The smallest absolute Gasteiger partial charge is 0.419 e. The van der Waals surface area contributed by atoms with Crippen LogP contribution in [0.25, 0.3) is 0 Å². The maximum absolute atomic E-state index is 12.5. The van der Waals surface area contributed by atoms with E-state index in [1.807, 2.05) is 0 Å². The Hall–Kier alpha value is -1.53. The largest absolute Gasteiger partial charge is 0.481 e. The van der Waals surface area contributed by atoms with Gasteiger partial charge in [-0.15, -0.1) is 0 Å². The maximum Gasteiger partial charge on any atom is 0.419 e. The molecule has 0 spiro atoms. The lowest BCUT2D eigenvalue weighted by Gasteiger charge is -2.21. The van der Waals surface area contributed by atoms with Crippen LogP contribution in [0, 0.1) is 5.92 Å². The first-order chi connectivity index (χ1) is 8.89. The first kappa shape index (κ1) is 13.9. The minimum absolute atomic E-state index is 0.487. The van der Waals surface area contributed by atoms with Crippen LogP contribution >= 0.6 is 0 Å². The number of aliphatic carboxylic acids is 1. The van der Waals surface area contributed by atoms with Gasteiger partial charge in [0.05, 0.1) is 23.7 Å². The Bertz CT molecular complexity index is 456. The fourth-order valence-electron chi connectivity index (χ4n) is 2.56. The van der Waals surface area contributed by atoms with Gasteiger partial charge in [0.15, 0.2) is 0 Å². The van der Waals surface area contributed by atoms with Gasteiger partial charge >= 0.3 is 12.1 Å². The van der Waals surface area contributed by atoms with E-state index in [0.717, 1.165) is 31.7 Å². The van der Waals surface area contributed by atoms with Crippen molar-refractivity contribution in [3.05, 3.63) is 18.0 Å². The van der Waals surface area contributed by atoms with E-state index in [1.54, 1.807) is 0 Å². The van der Waals surface area contributed by atoms with E-state index in [-0.39, 0.29) is 0 Å². The average Bonchev–Trinajstić information content (AvgIpc) is 2.67. The van der Waals surface area contributed by atoms with Crippen LogP contribution in [0.4, 0.5) is 13.2 Å². The van der Waals surface area contributed by atoms with Crippen LogP contribution in [0.3, 0.4) is 0 Å². The van der Waals surface area contributed by atoms with Crippen molar-refractivity contribution in [2.45, 2.75) is 44.3 Å². The topological polar surface area (TPSA) is 55.1 Å². The molecule has 1 N–H and O–H groups in total. The van der Waals surface area contributed by atoms with E-state index in [1.165, 1.54) is 4.68 Å². The number of rotatable bonds is 2. The van der Waals surface area contributed by atoms with E-state index in [9.17, 15) is 23.1 Å². The average molecular weight is 276 g/mol. The fourth-order valence-corrected chi connectivity index (χ4v) is 2.56. The Labute approximate surface area is 108 Å². The third kappa shape index (κ3) is 3.08. The summed E-state index contributed by atoms with van der Waals surface area (Å²) < 4.78 is 38.8. The van der Waals surface area contributed by atoms with Crippen molar-refractivity contribution in [2.24, 2.45) is 5.92 Å². The van der Waals surface area contributed by atoms with Gasteiger partial charge < -0.3 is 5.11 Å². The Morgan fingerprint density at radius 3 is 2.58 bits per heavy atom. The van der Waals surface area contributed by atoms with Crippen molar-refractivity contribution in [3.8, 4) is 0 Å². The summed E-state index contributed by atoms with van der Waals surface area (Å²) in [4.78, 5) is 11.2. The van der Waals surface area contributed by atoms with Gasteiger partial charge in [-0.3, -0.25) is 9.48 Å². The molecule has 1 saturated carbocycles. The molecule has 1 heterocycles. The molecule has 2 atom stereocenters. The molecule has 4 nitrogen and oxygen atoms in total. The minimum atomic E-state index is -4.44. The molecule has 19 heavy (non-hydrogen) atoms. The summed E-state index contributed by atoms with van der Waals surface area (Å²) in [7, 11) is 0. The molecule has 0 radical (unpaired) electrons. The highest BCUT2D eigenvalue weighted by Crippen LogP contribution is 2.35. The van der Waals surface area contributed by atoms with E-state index < -0.39 is 29.7 Å². The Morgan fingerprint density at radius 1 is 1.32 bits per heavy atom. The third-order valence-corrected chi connectivity index (χ3v) is 3.57. The third-order valence-electron chi connectivity index (χ3n) is 3.57. The van der Waals surface area contributed by atoms with Gasteiger partial charge in [0.25, 0.3) is 0 Å². The Kier molecular flexibility index (Phi) is 3.82. The molecule has 1 aromatic rings. The molecule has 1 aromatic heterocycles. The number of aromatic nitrogens is 2. The molecule has 1 fully saturated rings. The maximum atomic E-state index is 12.5. The molecule has 0 saturated heterocycles. The van der Waals surface area contributed by atoms with Crippen LogP contribution in [-0.2, 0) is 11.0 Å². The van der Waals surface area contributed by atoms with Crippen LogP contribution in [0.15, 0.2) is 12.4 Å². The molecule has 0 aromatic carbocycles. The lowest BCUT2D eigenvalue weighted by molar-refractivity contribution is -0.143. The van der Waals surface area contributed by atoms with Gasteiger partial charge in [0.2, 0.25) is 0 Å².